The fourth-order valence-electron chi connectivity index (χ4n) is 4.30. The van der Waals surface area contributed by atoms with Crippen molar-refractivity contribution in [3.05, 3.63) is 119 Å². The number of aromatic nitrogens is 2. The summed E-state index contributed by atoms with van der Waals surface area (Å²) in [6.07, 6.45) is 6.67. The van der Waals surface area contributed by atoms with Gasteiger partial charge in [0.15, 0.2) is 5.69 Å². The highest BCUT2D eigenvalue weighted by molar-refractivity contribution is 6.07. The molecule has 0 atom stereocenters. The van der Waals surface area contributed by atoms with Crippen LogP contribution in [0.4, 0.5) is 5.69 Å². The summed E-state index contributed by atoms with van der Waals surface area (Å²) >= 11 is 0. The van der Waals surface area contributed by atoms with Crippen LogP contribution in [0.2, 0.25) is 0 Å². The van der Waals surface area contributed by atoms with Crippen LogP contribution in [-0.2, 0) is 0 Å². The first-order valence-corrected chi connectivity index (χ1v) is 10.2. The molecule has 0 radical (unpaired) electrons. The van der Waals surface area contributed by atoms with E-state index < -0.39 is 0 Å². The van der Waals surface area contributed by atoms with Crippen molar-refractivity contribution in [1.29, 1.82) is 10.5 Å². The lowest BCUT2D eigenvalue weighted by Gasteiger charge is -2.10. The van der Waals surface area contributed by atoms with E-state index in [1.54, 1.807) is 36.9 Å². The Morgan fingerprint density at radius 1 is 0.706 bits per heavy atom. The van der Waals surface area contributed by atoms with Crippen molar-refractivity contribution in [2.75, 3.05) is 0 Å². The zero-order valence-corrected chi connectivity index (χ0v) is 17.6. The molecule has 0 saturated heterocycles. The van der Waals surface area contributed by atoms with E-state index in [1.165, 1.54) is 0 Å². The first-order valence-electron chi connectivity index (χ1n) is 10.2. The molecule has 0 amide bonds. The Morgan fingerprint density at radius 3 is 1.79 bits per heavy atom. The second-order valence-corrected chi connectivity index (χ2v) is 7.50. The number of hydrogen-bond donors (Lipinski definition) is 0. The maximum absolute atomic E-state index is 9.89. The standard InChI is InChI=1S/C28H12N6/c1-31-26-14-25-23(13-21(26)18-5-9-34-10-6-18)22-12-20(17-3-7-33-8-4-17)19(15-29)11-24(22)28(25)27(16-30)32-2/h3-14H/b28-27-. The molecule has 4 aromatic rings. The van der Waals surface area contributed by atoms with Gasteiger partial charge in [-0.25, -0.2) is 15.0 Å². The predicted molar refractivity (Wildman–Crippen MR) is 128 cm³/mol. The highest BCUT2D eigenvalue weighted by atomic mass is 14.7. The Hall–Kier alpha value is -5.56. The lowest BCUT2D eigenvalue weighted by molar-refractivity contribution is 1.33. The van der Waals surface area contributed by atoms with Crippen LogP contribution in [-0.4, -0.2) is 9.97 Å². The van der Waals surface area contributed by atoms with Crippen LogP contribution in [0.3, 0.4) is 0 Å². The molecule has 6 nitrogen and oxygen atoms in total. The van der Waals surface area contributed by atoms with Gasteiger partial charge in [-0.3, -0.25) is 9.97 Å². The normalized spacial score (nSPS) is 12.4. The van der Waals surface area contributed by atoms with Crippen LogP contribution in [0.5, 0.6) is 0 Å². The van der Waals surface area contributed by atoms with Crippen molar-refractivity contribution >= 4 is 11.3 Å². The zero-order chi connectivity index (χ0) is 23.7. The van der Waals surface area contributed by atoms with E-state index in [-0.39, 0.29) is 5.70 Å². The van der Waals surface area contributed by atoms with Crippen LogP contribution >= 0.6 is 0 Å². The summed E-state index contributed by atoms with van der Waals surface area (Å²) in [5.74, 6) is 0. The molecule has 2 heterocycles. The number of nitrogens with zero attached hydrogens (tertiary/aromatic N) is 6. The predicted octanol–water partition coefficient (Wildman–Crippen LogP) is 6.42. The summed E-state index contributed by atoms with van der Waals surface area (Å²) in [6.45, 7) is 15.3. The molecule has 1 aliphatic rings. The van der Waals surface area contributed by atoms with Crippen LogP contribution in [0.25, 0.3) is 48.6 Å². The van der Waals surface area contributed by atoms with Gasteiger partial charge in [-0.2, -0.15) is 5.26 Å². The van der Waals surface area contributed by atoms with E-state index in [4.69, 9.17) is 13.1 Å². The van der Waals surface area contributed by atoms with Gasteiger partial charge in [-0.1, -0.05) is 6.07 Å². The van der Waals surface area contributed by atoms with Gasteiger partial charge < -0.3 is 0 Å². The maximum atomic E-state index is 9.89. The minimum atomic E-state index is -0.0758. The summed E-state index contributed by atoms with van der Waals surface area (Å²) < 4.78 is 0. The fraction of sp³-hybridized carbons (Fsp3) is 0. The van der Waals surface area contributed by atoms with Crippen molar-refractivity contribution in [2.24, 2.45) is 0 Å². The van der Waals surface area contributed by atoms with Gasteiger partial charge in [0.05, 0.1) is 30.8 Å². The Kier molecular flexibility index (Phi) is 4.89. The van der Waals surface area contributed by atoms with Crippen LogP contribution in [0.15, 0.2) is 79.0 Å². The third kappa shape index (κ3) is 3.09. The fourth-order valence-corrected chi connectivity index (χ4v) is 4.30. The molecule has 154 valence electrons. The number of pyridine rings is 2. The number of fused-ring (bicyclic) bond motifs is 3. The van der Waals surface area contributed by atoms with Crippen LogP contribution < -0.4 is 0 Å². The largest absolute Gasteiger partial charge is 0.270 e. The summed E-state index contributed by atoms with van der Waals surface area (Å²) in [5, 5.41) is 19.6. The Balaban J connectivity index is 1.89. The zero-order valence-electron chi connectivity index (χ0n) is 17.6. The number of allylic oxidation sites excluding steroid dienone is 1. The molecule has 34 heavy (non-hydrogen) atoms. The van der Waals surface area contributed by atoms with E-state index >= 15 is 0 Å². The minimum absolute atomic E-state index is 0.0758. The Morgan fingerprint density at radius 2 is 1.26 bits per heavy atom. The molecule has 0 bridgehead atoms. The van der Waals surface area contributed by atoms with Gasteiger partial charge in [0, 0.05) is 35.9 Å². The summed E-state index contributed by atoms with van der Waals surface area (Å²) in [6, 6.07) is 18.9. The molecule has 0 spiro atoms. The van der Waals surface area contributed by atoms with Gasteiger partial charge in [0.1, 0.15) is 0 Å². The third-order valence-electron chi connectivity index (χ3n) is 5.80. The van der Waals surface area contributed by atoms with Crippen molar-refractivity contribution in [2.45, 2.75) is 0 Å². The van der Waals surface area contributed by atoms with E-state index in [0.717, 1.165) is 33.4 Å². The van der Waals surface area contributed by atoms with Crippen molar-refractivity contribution in [3.63, 3.8) is 0 Å². The second kappa shape index (κ2) is 8.18. The van der Waals surface area contributed by atoms with Crippen molar-refractivity contribution < 1.29 is 0 Å². The van der Waals surface area contributed by atoms with Gasteiger partial charge in [0.25, 0.3) is 5.70 Å². The smallest absolute Gasteiger partial charge is 0.265 e. The van der Waals surface area contributed by atoms with E-state index in [2.05, 4.69) is 25.7 Å². The number of rotatable bonds is 2. The van der Waals surface area contributed by atoms with E-state index in [1.807, 2.05) is 42.5 Å². The highest BCUT2D eigenvalue weighted by Gasteiger charge is 2.30. The Bertz CT molecular complexity index is 1550. The second-order valence-electron chi connectivity index (χ2n) is 7.50. The lowest BCUT2D eigenvalue weighted by Crippen LogP contribution is -1.91. The van der Waals surface area contributed by atoms with E-state index in [9.17, 15) is 10.5 Å². The molecule has 6 heteroatoms. The summed E-state index contributed by atoms with van der Waals surface area (Å²) in [7, 11) is 0. The average molecular weight is 432 g/mol. The average Bonchev–Trinajstić information content (AvgIpc) is 3.21. The quantitative estimate of drug-likeness (QED) is 0.238. The number of benzene rings is 2. The molecule has 0 unspecified atom stereocenters. The van der Waals surface area contributed by atoms with Crippen LogP contribution in [0, 0.1) is 35.8 Å². The lowest BCUT2D eigenvalue weighted by atomic mass is 9.93. The molecular formula is C28H12N6. The molecule has 0 saturated carbocycles. The van der Waals surface area contributed by atoms with E-state index in [0.29, 0.717) is 28.0 Å². The summed E-state index contributed by atoms with van der Waals surface area (Å²) in [4.78, 5) is 15.3. The molecule has 1 aliphatic carbocycles. The Labute approximate surface area is 196 Å². The number of hydrogen-bond acceptors (Lipinski definition) is 4. The van der Waals surface area contributed by atoms with Crippen molar-refractivity contribution in [1.82, 2.24) is 9.97 Å². The molecular weight excluding hydrogens is 420 g/mol. The first kappa shape index (κ1) is 20.3. The van der Waals surface area contributed by atoms with Gasteiger partial charge >= 0.3 is 0 Å². The van der Waals surface area contributed by atoms with Crippen LogP contribution in [0.1, 0.15) is 16.7 Å². The molecule has 0 N–H and O–H groups in total. The topological polar surface area (TPSA) is 82.1 Å². The van der Waals surface area contributed by atoms with Gasteiger partial charge in [0.2, 0.25) is 0 Å². The maximum Gasteiger partial charge on any atom is 0.270 e. The van der Waals surface area contributed by atoms with Crippen molar-refractivity contribution in [3.8, 4) is 45.5 Å². The SMILES string of the molecule is [C-]#[N+]/C(C#N)=C1/c2cc(C#N)c(-c3ccncc3)cc2-c2cc(-c3ccncc3)c([N+]#[C-])cc21. The summed E-state index contributed by atoms with van der Waals surface area (Å²) in [5.41, 5.74) is 7.25. The third-order valence-corrected chi connectivity index (χ3v) is 5.80. The molecule has 2 aromatic heterocycles. The molecule has 2 aromatic carbocycles. The molecule has 0 aliphatic heterocycles. The minimum Gasteiger partial charge on any atom is -0.265 e. The number of nitriles is 2. The molecule has 0 fully saturated rings. The highest BCUT2D eigenvalue weighted by Crippen LogP contribution is 2.51. The van der Waals surface area contributed by atoms with Gasteiger partial charge in [-0.05, 0) is 81.4 Å². The van der Waals surface area contributed by atoms with Gasteiger partial charge in [-0.15, -0.1) is 0 Å². The molecule has 5 rings (SSSR count). The monoisotopic (exact) mass is 432 g/mol. The first-order chi connectivity index (χ1) is 16.7.